The van der Waals surface area contributed by atoms with Gasteiger partial charge in [-0.25, -0.2) is 4.79 Å². The summed E-state index contributed by atoms with van der Waals surface area (Å²) in [6.45, 7) is 2.07. The molecule has 0 saturated heterocycles. The molecule has 0 aliphatic heterocycles. The zero-order valence-corrected chi connectivity index (χ0v) is 19.0. The molecule has 1 unspecified atom stereocenters. The van der Waals surface area contributed by atoms with Crippen molar-refractivity contribution in [3.63, 3.8) is 0 Å². The number of carbonyl (C=O) groups excluding carboxylic acids is 2. The van der Waals surface area contributed by atoms with Crippen molar-refractivity contribution in [1.82, 2.24) is 0 Å². The van der Waals surface area contributed by atoms with Crippen LogP contribution in [0.15, 0.2) is 66.7 Å². The molecule has 0 spiro atoms. The van der Waals surface area contributed by atoms with Crippen LogP contribution in [0.3, 0.4) is 0 Å². The number of rotatable bonds is 8. The predicted molar refractivity (Wildman–Crippen MR) is 126 cm³/mol. The summed E-state index contributed by atoms with van der Waals surface area (Å²) in [5, 5.41) is 4.76. The fourth-order valence-electron chi connectivity index (χ4n) is 3.04. The number of benzene rings is 3. The second kappa shape index (κ2) is 10.7. The van der Waals surface area contributed by atoms with E-state index < -0.39 is 0 Å². The number of hydrogen-bond donors (Lipinski definition) is 1. The van der Waals surface area contributed by atoms with Crippen LogP contribution in [0, 0.1) is 0 Å². The van der Waals surface area contributed by atoms with Gasteiger partial charge in [-0.05, 0) is 73.2 Å². The number of ketones is 1. The molecule has 0 bridgehead atoms. The van der Waals surface area contributed by atoms with Gasteiger partial charge < -0.3 is 10.1 Å². The fraction of sp³-hybridized carbons (Fsp3) is 0.167. The number of nitrogens with one attached hydrogen (secondary N) is 1. The first kappa shape index (κ1) is 23.1. The van der Waals surface area contributed by atoms with Gasteiger partial charge >= 0.3 is 5.97 Å². The normalized spacial score (nSPS) is 11.6. The summed E-state index contributed by atoms with van der Waals surface area (Å²) in [6, 6.07) is 18.5. The second-order valence-electron chi connectivity index (χ2n) is 6.80. The van der Waals surface area contributed by atoms with Gasteiger partial charge in [-0.15, -0.1) is 0 Å². The van der Waals surface area contributed by atoms with Crippen molar-refractivity contribution in [3.05, 3.63) is 98.5 Å². The van der Waals surface area contributed by atoms with E-state index in [2.05, 4.69) is 5.32 Å². The first-order valence-corrected chi connectivity index (χ1v) is 10.8. The van der Waals surface area contributed by atoms with Crippen molar-refractivity contribution in [1.29, 1.82) is 0 Å². The van der Waals surface area contributed by atoms with E-state index in [0.29, 0.717) is 32.8 Å². The zero-order valence-electron chi connectivity index (χ0n) is 16.7. The molecule has 0 amide bonds. The number of esters is 1. The summed E-state index contributed by atoms with van der Waals surface area (Å²) < 4.78 is 5.01. The lowest BCUT2D eigenvalue weighted by Gasteiger charge is -2.21. The molecule has 0 radical (unpaired) electrons. The van der Waals surface area contributed by atoms with Crippen LogP contribution in [0.5, 0.6) is 0 Å². The van der Waals surface area contributed by atoms with Crippen molar-refractivity contribution in [2.45, 2.75) is 19.4 Å². The Morgan fingerprint density at radius 2 is 1.52 bits per heavy atom. The highest BCUT2D eigenvalue weighted by Gasteiger charge is 2.19. The number of Topliss-reactive ketones (excluding diaryl/α,β-unsaturated/α-hetero) is 1. The number of carbonyl (C=O) groups is 2. The van der Waals surface area contributed by atoms with Gasteiger partial charge in [0.15, 0.2) is 5.78 Å². The highest BCUT2D eigenvalue weighted by Crippen LogP contribution is 2.30. The Labute approximate surface area is 196 Å². The fourth-order valence-corrected chi connectivity index (χ4v) is 3.47. The van der Waals surface area contributed by atoms with Gasteiger partial charge in [0.1, 0.15) is 0 Å². The molecule has 0 aliphatic rings. The molecule has 3 rings (SSSR count). The molecule has 0 saturated carbocycles. The van der Waals surface area contributed by atoms with Gasteiger partial charge in [0.05, 0.1) is 28.3 Å². The lowest BCUT2D eigenvalue weighted by atomic mass is 9.97. The smallest absolute Gasteiger partial charge is 0.338 e. The van der Waals surface area contributed by atoms with Gasteiger partial charge in [-0.2, -0.15) is 0 Å². The van der Waals surface area contributed by atoms with E-state index in [4.69, 9.17) is 39.5 Å². The Kier molecular flexibility index (Phi) is 7.97. The Bertz CT molecular complexity index is 1070. The average Bonchev–Trinajstić information content (AvgIpc) is 2.76. The molecule has 1 atom stereocenters. The maximum atomic E-state index is 12.9. The Morgan fingerprint density at radius 3 is 2.13 bits per heavy atom. The lowest BCUT2D eigenvalue weighted by Crippen LogP contribution is -2.16. The molecule has 1 N–H and O–H groups in total. The van der Waals surface area contributed by atoms with Crippen LogP contribution < -0.4 is 5.32 Å². The summed E-state index contributed by atoms with van der Waals surface area (Å²) in [5.74, 6) is -0.434. The van der Waals surface area contributed by atoms with Crippen LogP contribution in [0.2, 0.25) is 15.1 Å². The van der Waals surface area contributed by atoms with Crippen LogP contribution in [0.25, 0.3) is 0 Å². The van der Waals surface area contributed by atoms with Crippen molar-refractivity contribution < 1.29 is 14.3 Å². The van der Waals surface area contributed by atoms with Gasteiger partial charge in [-0.3, -0.25) is 4.79 Å². The molecular formula is C24H20Cl3NO3. The van der Waals surface area contributed by atoms with Gasteiger partial charge in [0.2, 0.25) is 0 Å². The van der Waals surface area contributed by atoms with Gasteiger partial charge in [0, 0.05) is 22.7 Å². The van der Waals surface area contributed by atoms with E-state index >= 15 is 0 Å². The number of ether oxygens (including phenoxy) is 1. The molecule has 0 heterocycles. The number of anilines is 1. The minimum absolute atomic E-state index is 0.0524. The molecule has 3 aromatic carbocycles. The number of halogens is 3. The third-order valence-corrected chi connectivity index (χ3v) is 5.63. The first-order chi connectivity index (χ1) is 14.9. The van der Waals surface area contributed by atoms with E-state index in [-0.39, 0.29) is 24.2 Å². The molecule has 4 nitrogen and oxygen atoms in total. The molecule has 160 valence electrons. The minimum atomic E-state index is -0.381. The molecule has 0 aliphatic carbocycles. The van der Waals surface area contributed by atoms with Crippen LogP contribution in [0.4, 0.5) is 5.69 Å². The summed E-state index contributed by atoms with van der Waals surface area (Å²) in [6.07, 6.45) is 0.180. The van der Waals surface area contributed by atoms with Crippen molar-refractivity contribution in [2.24, 2.45) is 0 Å². The van der Waals surface area contributed by atoms with E-state index in [9.17, 15) is 9.59 Å². The standard InChI is InChI=1S/C24H20Cl3NO3/c1-2-31-24(30)16-5-10-19(11-6-16)28-22(17-7-12-20(26)21(27)13-17)14-23(29)15-3-8-18(25)9-4-15/h3-13,22,28H,2,14H2,1H3. The van der Waals surface area contributed by atoms with Crippen LogP contribution in [0.1, 0.15) is 45.7 Å². The molecular weight excluding hydrogens is 457 g/mol. The van der Waals surface area contributed by atoms with Crippen molar-refractivity contribution in [3.8, 4) is 0 Å². The molecule has 0 fully saturated rings. The first-order valence-electron chi connectivity index (χ1n) is 9.65. The molecule has 31 heavy (non-hydrogen) atoms. The van der Waals surface area contributed by atoms with Crippen LogP contribution >= 0.6 is 34.8 Å². The van der Waals surface area contributed by atoms with E-state index in [0.717, 1.165) is 11.3 Å². The summed E-state index contributed by atoms with van der Waals surface area (Å²) in [7, 11) is 0. The molecule has 3 aromatic rings. The highest BCUT2D eigenvalue weighted by molar-refractivity contribution is 6.42. The molecule has 0 aromatic heterocycles. The lowest BCUT2D eigenvalue weighted by molar-refractivity contribution is 0.0526. The summed E-state index contributed by atoms with van der Waals surface area (Å²) in [5.41, 5.74) is 2.57. The maximum absolute atomic E-state index is 12.9. The largest absolute Gasteiger partial charge is 0.462 e. The highest BCUT2D eigenvalue weighted by atomic mass is 35.5. The van der Waals surface area contributed by atoms with E-state index in [1.807, 2.05) is 6.07 Å². The third kappa shape index (κ3) is 6.23. The minimum Gasteiger partial charge on any atom is -0.462 e. The zero-order chi connectivity index (χ0) is 22.4. The SMILES string of the molecule is CCOC(=O)c1ccc(NC(CC(=O)c2ccc(Cl)cc2)c2ccc(Cl)c(Cl)c2)cc1. The Morgan fingerprint density at radius 1 is 0.871 bits per heavy atom. The Hall–Kier alpha value is -2.53. The second-order valence-corrected chi connectivity index (χ2v) is 8.05. The monoisotopic (exact) mass is 475 g/mol. The average molecular weight is 477 g/mol. The van der Waals surface area contributed by atoms with Crippen LogP contribution in [-0.4, -0.2) is 18.4 Å². The number of hydrogen-bond acceptors (Lipinski definition) is 4. The van der Waals surface area contributed by atoms with Crippen molar-refractivity contribution >= 4 is 52.2 Å². The van der Waals surface area contributed by atoms with E-state index in [1.54, 1.807) is 67.6 Å². The summed E-state index contributed by atoms with van der Waals surface area (Å²) in [4.78, 5) is 24.8. The van der Waals surface area contributed by atoms with Gasteiger partial charge in [0.25, 0.3) is 0 Å². The topological polar surface area (TPSA) is 55.4 Å². The predicted octanol–water partition coefficient (Wildman–Crippen LogP) is 7.25. The Balaban J connectivity index is 1.85. The molecule has 7 heteroatoms. The van der Waals surface area contributed by atoms with Gasteiger partial charge in [-0.1, -0.05) is 40.9 Å². The quantitative estimate of drug-likeness (QED) is 0.275. The van der Waals surface area contributed by atoms with Crippen LogP contribution in [-0.2, 0) is 4.74 Å². The third-order valence-electron chi connectivity index (χ3n) is 4.64. The van der Waals surface area contributed by atoms with E-state index in [1.165, 1.54) is 0 Å². The summed E-state index contributed by atoms with van der Waals surface area (Å²) >= 11 is 18.2. The van der Waals surface area contributed by atoms with Crippen molar-refractivity contribution in [2.75, 3.05) is 11.9 Å². The maximum Gasteiger partial charge on any atom is 0.338 e.